The molecule has 0 aromatic carbocycles. The first-order valence-electron chi connectivity index (χ1n) is 9.13. The number of nitrogens with zero attached hydrogens (tertiary/aromatic N) is 5. The number of halogens is 1. The molecule has 5 heterocycles. The smallest absolute Gasteiger partial charge is 0.337 e. The van der Waals surface area contributed by atoms with Crippen molar-refractivity contribution < 1.29 is 18.7 Å². The molecule has 5 rings (SSSR count). The number of pyridine rings is 1. The van der Waals surface area contributed by atoms with Gasteiger partial charge in [0.2, 0.25) is 5.89 Å². The Kier molecular flexibility index (Phi) is 4.17. The largest absolute Gasteiger partial charge is 0.478 e. The van der Waals surface area contributed by atoms with Crippen molar-refractivity contribution >= 4 is 39.6 Å². The summed E-state index contributed by atoms with van der Waals surface area (Å²) in [5.41, 5.74) is 0.502. The van der Waals surface area contributed by atoms with Crippen molar-refractivity contribution in [3.63, 3.8) is 0 Å². The molecule has 3 aromatic rings. The molecular weight excluding hydrogens is 409 g/mol. The minimum absolute atomic E-state index is 0.0325. The summed E-state index contributed by atoms with van der Waals surface area (Å²) in [7, 11) is 0. The maximum Gasteiger partial charge on any atom is 0.337 e. The number of hydrogen-bond acceptors (Lipinski definition) is 8. The zero-order valence-corrected chi connectivity index (χ0v) is 16.7. The molecule has 0 bridgehead atoms. The lowest BCUT2D eigenvalue weighted by Gasteiger charge is -2.39. The van der Waals surface area contributed by atoms with Crippen LogP contribution in [0.2, 0.25) is 0 Å². The summed E-state index contributed by atoms with van der Waals surface area (Å²) in [5, 5.41) is 11.8. The number of hydrogen-bond donors (Lipinski definition) is 1. The van der Waals surface area contributed by atoms with Gasteiger partial charge in [0, 0.05) is 36.4 Å². The van der Waals surface area contributed by atoms with Gasteiger partial charge >= 0.3 is 5.97 Å². The molecule has 0 amide bonds. The molecule has 1 fully saturated rings. The fourth-order valence-corrected chi connectivity index (χ4v) is 4.16. The summed E-state index contributed by atoms with van der Waals surface area (Å²) >= 11 is 1.33. The molecule has 1 saturated heterocycles. The number of anilines is 3. The number of carboxylic acids is 1. The highest BCUT2D eigenvalue weighted by Gasteiger charge is 2.36. The van der Waals surface area contributed by atoms with E-state index in [1.807, 2.05) is 6.92 Å². The van der Waals surface area contributed by atoms with Crippen LogP contribution in [0.15, 0.2) is 46.6 Å². The van der Waals surface area contributed by atoms with E-state index >= 15 is 0 Å². The Morgan fingerprint density at radius 2 is 2.17 bits per heavy atom. The van der Waals surface area contributed by atoms with Gasteiger partial charge in [0.15, 0.2) is 16.8 Å². The Morgan fingerprint density at radius 1 is 1.37 bits per heavy atom. The molecule has 10 heteroatoms. The van der Waals surface area contributed by atoms with Gasteiger partial charge in [0.1, 0.15) is 11.6 Å². The van der Waals surface area contributed by atoms with Crippen molar-refractivity contribution in [2.24, 2.45) is 0 Å². The lowest BCUT2D eigenvalue weighted by atomic mass is 9.96. The highest BCUT2D eigenvalue weighted by molar-refractivity contribution is 7.13. The Balaban J connectivity index is 1.52. The number of aliphatic carboxylic acids is 1. The number of rotatable bonds is 4. The molecule has 1 N–H and O–H groups in total. The first-order valence-corrected chi connectivity index (χ1v) is 10.0. The highest BCUT2D eigenvalue weighted by Crippen LogP contribution is 2.42. The van der Waals surface area contributed by atoms with E-state index in [2.05, 4.69) is 21.5 Å². The van der Waals surface area contributed by atoms with Crippen LogP contribution in [-0.4, -0.2) is 39.1 Å². The summed E-state index contributed by atoms with van der Waals surface area (Å²) < 4.78 is 20.5. The third-order valence-electron chi connectivity index (χ3n) is 5.10. The molecule has 3 aromatic heterocycles. The van der Waals surface area contributed by atoms with Crippen LogP contribution in [0, 0.1) is 12.7 Å². The van der Waals surface area contributed by atoms with Crippen molar-refractivity contribution in [3.05, 3.63) is 65.2 Å². The summed E-state index contributed by atoms with van der Waals surface area (Å²) in [6.45, 7) is 6.72. The average molecular weight is 425 g/mol. The molecule has 0 unspecified atom stereocenters. The number of aryl methyl sites for hydroxylation is 1. The molecule has 30 heavy (non-hydrogen) atoms. The van der Waals surface area contributed by atoms with Gasteiger partial charge in [-0.15, -0.1) is 11.3 Å². The van der Waals surface area contributed by atoms with Crippen LogP contribution >= 0.6 is 11.3 Å². The van der Waals surface area contributed by atoms with Gasteiger partial charge in [-0.1, -0.05) is 6.58 Å². The monoisotopic (exact) mass is 425 g/mol. The number of thiazole rings is 1. The third kappa shape index (κ3) is 2.88. The van der Waals surface area contributed by atoms with Crippen LogP contribution in [0.25, 0.3) is 5.57 Å². The summed E-state index contributed by atoms with van der Waals surface area (Å²) in [4.78, 5) is 28.1. The normalized spacial score (nSPS) is 16.3. The second kappa shape index (κ2) is 6.77. The minimum atomic E-state index is -1.15. The zero-order valence-electron chi connectivity index (χ0n) is 15.9. The number of carboxylic acid groups (broad SMARTS) is 1. The predicted octanol–water partition coefficient (Wildman–Crippen LogP) is 3.71. The van der Waals surface area contributed by atoms with Gasteiger partial charge in [0.05, 0.1) is 17.7 Å². The molecule has 0 aliphatic carbocycles. The number of oxazole rings is 1. The van der Waals surface area contributed by atoms with E-state index < -0.39 is 11.8 Å². The molecule has 0 saturated carbocycles. The van der Waals surface area contributed by atoms with Gasteiger partial charge in [-0.2, -0.15) is 0 Å². The third-order valence-corrected chi connectivity index (χ3v) is 5.87. The predicted molar refractivity (Wildman–Crippen MR) is 109 cm³/mol. The van der Waals surface area contributed by atoms with E-state index in [1.165, 1.54) is 23.6 Å². The van der Waals surface area contributed by atoms with E-state index in [4.69, 9.17) is 4.42 Å². The minimum Gasteiger partial charge on any atom is -0.478 e. The van der Waals surface area contributed by atoms with E-state index in [9.17, 15) is 14.3 Å². The van der Waals surface area contributed by atoms with E-state index in [-0.39, 0.29) is 22.9 Å². The van der Waals surface area contributed by atoms with Crippen molar-refractivity contribution in [1.82, 2.24) is 15.0 Å². The Bertz CT molecular complexity index is 1200. The molecular formula is C20H16FN5O3S. The average Bonchev–Trinajstić information content (AvgIpc) is 3.34. The second-order valence-electron chi connectivity index (χ2n) is 7.09. The second-order valence-corrected chi connectivity index (χ2v) is 7.96. The van der Waals surface area contributed by atoms with Crippen molar-refractivity contribution in [3.8, 4) is 0 Å². The standard InChI is InChI=1S/C20H16FN5O3S/c1-10-6-23-18(29-10)12-7-25(8-12)17-15(21)5-13-11(2)14(19(27)28)9-26(16(13)24-17)20-22-3-4-30-20/h3-6,9,12H,2,7-8H2,1H3,(H,27,28). The summed E-state index contributed by atoms with van der Waals surface area (Å²) in [6.07, 6.45) is 4.70. The van der Waals surface area contributed by atoms with Gasteiger partial charge in [-0.05, 0) is 18.6 Å². The van der Waals surface area contributed by atoms with Gasteiger partial charge in [-0.25, -0.2) is 24.1 Å². The van der Waals surface area contributed by atoms with Gasteiger partial charge in [0.25, 0.3) is 0 Å². The number of fused-ring (bicyclic) bond motifs is 1. The summed E-state index contributed by atoms with van der Waals surface area (Å²) in [6, 6.07) is 1.29. The zero-order chi connectivity index (χ0) is 21.0. The SMILES string of the molecule is C=C1C(C(=O)O)=CN(c2nccs2)c2nc(N3CC(c4ncc(C)o4)C3)c(F)cc21. The van der Waals surface area contributed by atoms with Crippen LogP contribution < -0.4 is 9.80 Å². The molecule has 0 spiro atoms. The Morgan fingerprint density at radius 3 is 2.80 bits per heavy atom. The van der Waals surface area contributed by atoms with Crippen LogP contribution in [0.4, 0.5) is 21.2 Å². The lowest BCUT2D eigenvalue weighted by Crippen LogP contribution is -2.46. The summed E-state index contributed by atoms with van der Waals surface area (Å²) in [5.74, 6) is 0.335. The van der Waals surface area contributed by atoms with Crippen molar-refractivity contribution in [2.75, 3.05) is 22.9 Å². The molecule has 2 aliphatic heterocycles. The molecule has 8 nitrogen and oxygen atoms in total. The first-order chi connectivity index (χ1) is 14.4. The molecule has 152 valence electrons. The van der Waals surface area contributed by atoms with E-state index in [0.29, 0.717) is 35.5 Å². The van der Waals surface area contributed by atoms with Crippen LogP contribution in [-0.2, 0) is 4.79 Å². The van der Waals surface area contributed by atoms with Gasteiger partial charge in [-0.3, -0.25) is 4.90 Å². The van der Waals surface area contributed by atoms with Gasteiger partial charge < -0.3 is 14.4 Å². The molecule has 0 radical (unpaired) electrons. The maximum absolute atomic E-state index is 15.0. The fourth-order valence-electron chi connectivity index (χ4n) is 3.54. The van der Waals surface area contributed by atoms with Crippen LogP contribution in [0.3, 0.4) is 0 Å². The maximum atomic E-state index is 15.0. The number of aromatic nitrogens is 3. The van der Waals surface area contributed by atoms with Crippen molar-refractivity contribution in [2.45, 2.75) is 12.8 Å². The molecule has 0 atom stereocenters. The number of carbonyl (C=O) groups is 1. The van der Waals surface area contributed by atoms with E-state index in [1.54, 1.807) is 27.6 Å². The quantitative estimate of drug-likeness (QED) is 0.676. The topological polar surface area (TPSA) is 95.6 Å². The lowest BCUT2D eigenvalue weighted by molar-refractivity contribution is -0.132. The van der Waals surface area contributed by atoms with Crippen LogP contribution in [0.5, 0.6) is 0 Å². The Hall–Kier alpha value is -3.53. The first kappa shape index (κ1) is 18.5. The van der Waals surface area contributed by atoms with E-state index in [0.717, 1.165) is 5.76 Å². The Labute approximate surface area is 174 Å². The van der Waals surface area contributed by atoms with Crippen molar-refractivity contribution in [1.29, 1.82) is 0 Å². The highest BCUT2D eigenvalue weighted by atomic mass is 32.1. The van der Waals surface area contributed by atoms with Crippen LogP contribution in [0.1, 0.15) is 23.1 Å². The fraction of sp³-hybridized carbons (Fsp3) is 0.200. The molecule has 2 aliphatic rings.